The Bertz CT molecular complexity index is 553. The van der Waals surface area contributed by atoms with Gasteiger partial charge in [-0.25, -0.2) is 9.47 Å². The molecule has 1 rings (SSSR count). The Morgan fingerprint density at radius 3 is 2.43 bits per heavy atom. The number of nitrogens with one attached hydrogen (secondary N) is 1. The molecule has 0 atom stereocenters. The lowest BCUT2D eigenvalue weighted by molar-refractivity contribution is -0.145. The van der Waals surface area contributed by atoms with Gasteiger partial charge in [0.2, 0.25) is 5.91 Å². The van der Waals surface area contributed by atoms with E-state index in [1.807, 2.05) is 0 Å². The van der Waals surface area contributed by atoms with E-state index in [1.54, 1.807) is 20.8 Å². The predicted molar refractivity (Wildman–Crippen MR) is 78.4 cm³/mol. The molecule has 1 amide bonds. The van der Waals surface area contributed by atoms with Crippen molar-refractivity contribution < 1.29 is 23.9 Å². The van der Waals surface area contributed by atoms with E-state index in [1.165, 1.54) is 10.7 Å². The fraction of sp³-hybridized carbons (Fsp3) is 0.462. The first kappa shape index (κ1) is 17.2. The third kappa shape index (κ3) is 4.59. The van der Waals surface area contributed by atoms with Crippen LogP contribution in [0.5, 0.6) is 0 Å². The molecule has 1 aromatic rings. The first-order chi connectivity index (χ1) is 9.90. The van der Waals surface area contributed by atoms with Crippen molar-refractivity contribution in [2.24, 2.45) is 0 Å². The van der Waals surface area contributed by atoms with Gasteiger partial charge in [-0.2, -0.15) is 0 Å². The SMILES string of the molecule is CCOC(=O)CC(=O)Nn1c(C(=O)OCC)cc(Br)c1C. The number of amides is 1. The minimum absolute atomic E-state index is 0.165. The highest BCUT2D eigenvalue weighted by Crippen LogP contribution is 2.20. The maximum atomic E-state index is 11.8. The van der Waals surface area contributed by atoms with Crippen LogP contribution >= 0.6 is 15.9 Å². The Balaban J connectivity index is 2.89. The summed E-state index contributed by atoms with van der Waals surface area (Å²) in [6.45, 7) is 5.47. The van der Waals surface area contributed by atoms with E-state index >= 15 is 0 Å². The number of rotatable bonds is 6. The second kappa shape index (κ2) is 7.82. The van der Waals surface area contributed by atoms with Crippen LogP contribution in [0.2, 0.25) is 0 Å². The van der Waals surface area contributed by atoms with E-state index in [2.05, 4.69) is 21.4 Å². The van der Waals surface area contributed by atoms with Gasteiger partial charge in [0.1, 0.15) is 12.1 Å². The molecule has 0 radical (unpaired) electrons. The zero-order chi connectivity index (χ0) is 16.0. The van der Waals surface area contributed by atoms with Gasteiger partial charge < -0.3 is 9.47 Å². The highest BCUT2D eigenvalue weighted by atomic mass is 79.9. The lowest BCUT2D eigenvalue weighted by atomic mass is 10.4. The highest BCUT2D eigenvalue weighted by Gasteiger charge is 2.20. The number of aromatic nitrogens is 1. The Hall–Kier alpha value is -1.83. The zero-order valence-corrected chi connectivity index (χ0v) is 13.7. The van der Waals surface area contributed by atoms with Crippen LogP contribution in [0.25, 0.3) is 0 Å². The van der Waals surface area contributed by atoms with Crippen molar-refractivity contribution in [3.05, 3.63) is 21.9 Å². The standard InChI is InChI=1S/C13H17BrN2O5/c1-4-20-12(18)7-11(17)15-16-8(3)9(14)6-10(16)13(19)21-5-2/h6H,4-5,7H2,1-3H3,(H,15,17). The van der Waals surface area contributed by atoms with Gasteiger partial charge in [0, 0.05) is 4.47 Å². The van der Waals surface area contributed by atoms with Crippen LogP contribution in [0.1, 0.15) is 36.5 Å². The average Bonchev–Trinajstić information content (AvgIpc) is 2.67. The van der Waals surface area contributed by atoms with Crippen molar-refractivity contribution in [2.45, 2.75) is 27.2 Å². The van der Waals surface area contributed by atoms with Crippen LogP contribution in [-0.4, -0.2) is 35.7 Å². The Labute approximate surface area is 130 Å². The van der Waals surface area contributed by atoms with Gasteiger partial charge in [0.05, 0.1) is 18.9 Å². The summed E-state index contributed by atoms with van der Waals surface area (Å²) in [5.41, 5.74) is 3.25. The van der Waals surface area contributed by atoms with Crippen LogP contribution in [0.4, 0.5) is 0 Å². The number of hydrogen-bond acceptors (Lipinski definition) is 5. The number of carbonyl (C=O) groups excluding carboxylic acids is 3. The van der Waals surface area contributed by atoms with E-state index in [4.69, 9.17) is 9.47 Å². The van der Waals surface area contributed by atoms with Crippen molar-refractivity contribution in [2.75, 3.05) is 18.6 Å². The van der Waals surface area contributed by atoms with E-state index in [0.717, 1.165) is 0 Å². The first-order valence-corrected chi connectivity index (χ1v) is 7.20. The molecule has 0 fully saturated rings. The molecular weight excluding hydrogens is 344 g/mol. The number of hydrogen-bond donors (Lipinski definition) is 1. The number of halogens is 1. The molecule has 1 N–H and O–H groups in total. The molecule has 21 heavy (non-hydrogen) atoms. The molecule has 0 aromatic carbocycles. The van der Waals surface area contributed by atoms with Crippen LogP contribution in [0, 0.1) is 6.92 Å². The highest BCUT2D eigenvalue weighted by molar-refractivity contribution is 9.10. The molecule has 0 aliphatic rings. The predicted octanol–water partition coefficient (Wildman–Crippen LogP) is 1.76. The van der Waals surface area contributed by atoms with Gasteiger partial charge >= 0.3 is 11.9 Å². The van der Waals surface area contributed by atoms with Crippen LogP contribution in [0.15, 0.2) is 10.5 Å². The van der Waals surface area contributed by atoms with Gasteiger partial charge in [-0.3, -0.25) is 15.0 Å². The number of esters is 2. The summed E-state index contributed by atoms with van der Waals surface area (Å²) in [7, 11) is 0. The molecule has 7 nitrogen and oxygen atoms in total. The lowest BCUT2D eigenvalue weighted by Gasteiger charge is -2.12. The van der Waals surface area contributed by atoms with Gasteiger partial charge in [-0.1, -0.05) is 0 Å². The Kier molecular flexibility index (Phi) is 6.41. The molecule has 0 aliphatic heterocycles. The largest absolute Gasteiger partial charge is 0.466 e. The quantitative estimate of drug-likeness (QED) is 0.616. The molecule has 1 aromatic heterocycles. The molecule has 0 saturated heterocycles. The molecule has 0 spiro atoms. The maximum absolute atomic E-state index is 11.8. The fourth-order valence-corrected chi connectivity index (χ4v) is 1.98. The summed E-state index contributed by atoms with van der Waals surface area (Å²) in [4.78, 5) is 34.9. The molecule has 0 saturated carbocycles. The Morgan fingerprint density at radius 1 is 1.24 bits per heavy atom. The molecule has 0 bridgehead atoms. The molecular formula is C13H17BrN2O5. The van der Waals surface area contributed by atoms with E-state index < -0.39 is 24.3 Å². The van der Waals surface area contributed by atoms with Gasteiger partial charge in [0.15, 0.2) is 0 Å². The topological polar surface area (TPSA) is 86.6 Å². The average molecular weight is 361 g/mol. The zero-order valence-electron chi connectivity index (χ0n) is 12.1. The second-order valence-electron chi connectivity index (χ2n) is 4.04. The third-order valence-corrected chi connectivity index (χ3v) is 3.32. The lowest BCUT2D eigenvalue weighted by Crippen LogP contribution is -2.29. The summed E-state index contributed by atoms with van der Waals surface area (Å²) in [5.74, 6) is -1.77. The summed E-state index contributed by atoms with van der Waals surface area (Å²) < 4.78 is 11.5. The number of carbonyl (C=O) groups is 3. The van der Waals surface area contributed by atoms with Crippen LogP contribution in [-0.2, 0) is 19.1 Å². The normalized spacial score (nSPS) is 10.1. The Morgan fingerprint density at radius 2 is 1.86 bits per heavy atom. The van der Waals surface area contributed by atoms with Crippen LogP contribution in [0.3, 0.4) is 0 Å². The van der Waals surface area contributed by atoms with Gasteiger partial charge in [0.25, 0.3) is 0 Å². The van der Waals surface area contributed by atoms with E-state index in [9.17, 15) is 14.4 Å². The van der Waals surface area contributed by atoms with Crippen molar-refractivity contribution in [1.82, 2.24) is 4.68 Å². The monoisotopic (exact) mass is 360 g/mol. The number of ether oxygens (including phenoxy) is 2. The van der Waals surface area contributed by atoms with Crippen molar-refractivity contribution >= 4 is 33.8 Å². The van der Waals surface area contributed by atoms with Gasteiger partial charge in [-0.15, -0.1) is 0 Å². The molecule has 0 aliphatic carbocycles. The molecule has 1 heterocycles. The van der Waals surface area contributed by atoms with Crippen molar-refractivity contribution in [3.8, 4) is 0 Å². The van der Waals surface area contributed by atoms with E-state index in [-0.39, 0.29) is 18.9 Å². The first-order valence-electron chi connectivity index (χ1n) is 6.41. The molecule has 8 heteroatoms. The van der Waals surface area contributed by atoms with Gasteiger partial charge in [-0.05, 0) is 42.8 Å². The van der Waals surface area contributed by atoms with Crippen LogP contribution < -0.4 is 5.43 Å². The minimum atomic E-state index is -0.628. The summed E-state index contributed by atoms with van der Waals surface area (Å²) in [5, 5.41) is 0. The van der Waals surface area contributed by atoms with Crippen molar-refractivity contribution in [1.29, 1.82) is 0 Å². The summed E-state index contributed by atoms with van der Waals surface area (Å²) in [6.07, 6.45) is -0.425. The third-order valence-electron chi connectivity index (χ3n) is 2.52. The molecule has 0 unspecified atom stereocenters. The van der Waals surface area contributed by atoms with E-state index in [0.29, 0.717) is 10.2 Å². The summed E-state index contributed by atoms with van der Waals surface area (Å²) >= 11 is 3.28. The second-order valence-corrected chi connectivity index (χ2v) is 4.89. The smallest absolute Gasteiger partial charge is 0.356 e. The van der Waals surface area contributed by atoms with Crippen molar-refractivity contribution in [3.63, 3.8) is 0 Å². The summed E-state index contributed by atoms with van der Waals surface area (Å²) in [6, 6.07) is 1.54. The number of nitrogens with zero attached hydrogens (tertiary/aromatic N) is 1. The minimum Gasteiger partial charge on any atom is -0.466 e. The molecule has 116 valence electrons. The fourth-order valence-electron chi connectivity index (χ4n) is 1.58. The maximum Gasteiger partial charge on any atom is 0.356 e.